The van der Waals surface area contributed by atoms with Gasteiger partial charge in [0.05, 0.1) is 13.7 Å². The quantitative estimate of drug-likeness (QED) is 0.686. The van der Waals surface area contributed by atoms with Crippen molar-refractivity contribution in [3.8, 4) is 0 Å². The third-order valence-corrected chi connectivity index (χ3v) is 1.98. The van der Waals surface area contributed by atoms with Gasteiger partial charge in [-0.3, -0.25) is 9.63 Å². The van der Waals surface area contributed by atoms with Gasteiger partial charge in [-0.25, -0.2) is 5.06 Å². The van der Waals surface area contributed by atoms with Gasteiger partial charge in [-0.1, -0.05) is 29.8 Å². The van der Waals surface area contributed by atoms with Crippen LogP contribution >= 0.6 is 0 Å². The number of aryl methyl sites for hydroxylation is 1. The van der Waals surface area contributed by atoms with Crippen LogP contribution in [0.4, 0.5) is 0 Å². The van der Waals surface area contributed by atoms with Crippen LogP contribution in [-0.4, -0.2) is 18.1 Å². The summed E-state index contributed by atoms with van der Waals surface area (Å²) in [5, 5.41) is 1.33. The Kier molecular flexibility index (Phi) is 3.65. The van der Waals surface area contributed by atoms with Crippen LogP contribution in [0.2, 0.25) is 0 Å². The van der Waals surface area contributed by atoms with Crippen molar-refractivity contribution in [1.29, 1.82) is 0 Å². The second kappa shape index (κ2) is 4.77. The third-order valence-electron chi connectivity index (χ3n) is 1.98. The molecule has 0 heterocycles. The Morgan fingerprint density at radius 3 is 2.71 bits per heavy atom. The molecule has 1 rings (SSSR count). The zero-order valence-corrected chi connectivity index (χ0v) is 8.78. The molecule has 3 heteroatoms. The van der Waals surface area contributed by atoms with Gasteiger partial charge in [0.25, 0.3) is 0 Å². The average Bonchev–Trinajstić information content (AvgIpc) is 2.14. The van der Waals surface area contributed by atoms with E-state index in [1.54, 1.807) is 0 Å². The van der Waals surface area contributed by atoms with E-state index in [4.69, 9.17) is 4.84 Å². The van der Waals surface area contributed by atoms with Gasteiger partial charge in [0.15, 0.2) is 0 Å². The Hall–Kier alpha value is -1.35. The summed E-state index contributed by atoms with van der Waals surface area (Å²) in [6.45, 7) is 4.00. The van der Waals surface area contributed by atoms with Gasteiger partial charge in [-0.15, -0.1) is 0 Å². The smallest absolute Gasteiger partial charge is 0.243 e. The molecule has 0 unspecified atom stereocenters. The molecule has 0 aliphatic carbocycles. The van der Waals surface area contributed by atoms with Crippen molar-refractivity contribution < 1.29 is 9.63 Å². The molecular weight excluding hydrogens is 178 g/mol. The van der Waals surface area contributed by atoms with Crippen LogP contribution in [0.1, 0.15) is 18.1 Å². The predicted octanol–water partition coefficient (Wildman–Crippen LogP) is 1.90. The van der Waals surface area contributed by atoms with Gasteiger partial charge in [-0.2, -0.15) is 0 Å². The lowest BCUT2D eigenvalue weighted by atomic mass is 10.1. The van der Waals surface area contributed by atoms with Crippen molar-refractivity contribution in [3.05, 3.63) is 35.4 Å². The highest BCUT2D eigenvalue weighted by atomic mass is 16.7. The minimum Gasteiger partial charge on any atom is -0.274 e. The molecule has 0 saturated heterocycles. The summed E-state index contributed by atoms with van der Waals surface area (Å²) < 4.78 is 0. The standard InChI is InChI=1S/C11H15NO2/c1-9-5-4-6-11(7-9)8-12(14-3)10(2)13/h4-7H,8H2,1-3H3. The fourth-order valence-corrected chi connectivity index (χ4v) is 1.28. The van der Waals surface area contributed by atoms with Crippen LogP contribution in [0.5, 0.6) is 0 Å². The van der Waals surface area contributed by atoms with Gasteiger partial charge in [-0.05, 0) is 12.5 Å². The molecule has 3 nitrogen and oxygen atoms in total. The number of benzene rings is 1. The van der Waals surface area contributed by atoms with Crippen LogP contribution in [0, 0.1) is 6.92 Å². The predicted molar refractivity (Wildman–Crippen MR) is 54.4 cm³/mol. The van der Waals surface area contributed by atoms with Crippen molar-refractivity contribution in [3.63, 3.8) is 0 Å². The Balaban J connectivity index is 2.72. The third kappa shape index (κ3) is 2.85. The summed E-state index contributed by atoms with van der Waals surface area (Å²) in [6, 6.07) is 8.00. The maximum absolute atomic E-state index is 11.1. The second-order valence-corrected chi connectivity index (χ2v) is 3.23. The minimum atomic E-state index is -0.0889. The lowest BCUT2D eigenvalue weighted by Gasteiger charge is -2.17. The van der Waals surface area contributed by atoms with E-state index in [0.717, 1.165) is 5.56 Å². The monoisotopic (exact) mass is 193 g/mol. The highest BCUT2D eigenvalue weighted by Crippen LogP contribution is 2.07. The number of carbonyl (C=O) groups excluding carboxylic acids is 1. The molecule has 0 spiro atoms. The van der Waals surface area contributed by atoms with E-state index in [2.05, 4.69) is 0 Å². The van der Waals surface area contributed by atoms with Crippen LogP contribution in [0.15, 0.2) is 24.3 Å². The molecule has 0 atom stereocenters. The molecule has 0 bridgehead atoms. The Labute approximate surface area is 84.2 Å². The van der Waals surface area contributed by atoms with E-state index in [0.29, 0.717) is 6.54 Å². The molecule has 1 aromatic carbocycles. The molecule has 76 valence electrons. The molecule has 1 amide bonds. The van der Waals surface area contributed by atoms with E-state index in [-0.39, 0.29) is 5.91 Å². The van der Waals surface area contributed by atoms with E-state index < -0.39 is 0 Å². The second-order valence-electron chi connectivity index (χ2n) is 3.23. The van der Waals surface area contributed by atoms with E-state index in [9.17, 15) is 4.79 Å². The molecule has 0 radical (unpaired) electrons. The SMILES string of the molecule is CON(Cc1cccc(C)c1)C(C)=O. The van der Waals surface area contributed by atoms with Crippen LogP contribution < -0.4 is 0 Å². The largest absolute Gasteiger partial charge is 0.274 e. The summed E-state index contributed by atoms with van der Waals surface area (Å²) in [4.78, 5) is 16.0. The van der Waals surface area contributed by atoms with E-state index in [1.165, 1.54) is 24.7 Å². The topological polar surface area (TPSA) is 29.5 Å². The average molecular weight is 193 g/mol. The summed E-state index contributed by atoms with van der Waals surface area (Å²) in [5.74, 6) is -0.0889. The number of rotatable bonds is 3. The first-order valence-corrected chi connectivity index (χ1v) is 4.51. The first-order chi connectivity index (χ1) is 6.63. The number of amides is 1. The summed E-state index contributed by atoms with van der Waals surface area (Å²) in [5.41, 5.74) is 2.25. The van der Waals surface area contributed by atoms with Crippen molar-refractivity contribution in [1.82, 2.24) is 5.06 Å². The summed E-state index contributed by atoms with van der Waals surface area (Å²) >= 11 is 0. The molecular formula is C11H15NO2. The van der Waals surface area contributed by atoms with Crippen molar-refractivity contribution in [2.75, 3.05) is 7.11 Å². The Morgan fingerprint density at radius 1 is 1.50 bits per heavy atom. The number of hydrogen-bond donors (Lipinski definition) is 0. The van der Waals surface area contributed by atoms with Gasteiger partial charge >= 0.3 is 0 Å². The number of hydroxylamine groups is 2. The zero-order chi connectivity index (χ0) is 10.6. The maximum Gasteiger partial charge on any atom is 0.243 e. The highest BCUT2D eigenvalue weighted by molar-refractivity contribution is 5.72. The van der Waals surface area contributed by atoms with Gasteiger partial charge < -0.3 is 0 Å². The van der Waals surface area contributed by atoms with Crippen LogP contribution in [-0.2, 0) is 16.2 Å². The lowest BCUT2D eigenvalue weighted by molar-refractivity contribution is -0.176. The minimum absolute atomic E-state index is 0.0889. The molecule has 0 aliphatic heterocycles. The molecule has 0 aromatic heterocycles. The van der Waals surface area contributed by atoms with Crippen molar-refractivity contribution >= 4 is 5.91 Å². The van der Waals surface area contributed by atoms with Gasteiger partial charge in [0.1, 0.15) is 0 Å². The maximum atomic E-state index is 11.1. The zero-order valence-electron chi connectivity index (χ0n) is 8.78. The molecule has 0 N–H and O–H groups in total. The molecule has 0 aliphatic rings. The molecule has 0 saturated carbocycles. The fraction of sp³-hybridized carbons (Fsp3) is 0.364. The highest BCUT2D eigenvalue weighted by Gasteiger charge is 2.07. The van der Waals surface area contributed by atoms with Crippen molar-refractivity contribution in [2.45, 2.75) is 20.4 Å². The van der Waals surface area contributed by atoms with E-state index >= 15 is 0 Å². The number of hydrogen-bond acceptors (Lipinski definition) is 2. The fourth-order valence-electron chi connectivity index (χ4n) is 1.28. The van der Waals surface area contributed by atoms with Gasteiger partial charge in [0, 0.05) is 6.92 Å². The number of carbonyl (C=O) groups is 1. The van der Waals surface area contributed by atoms with Crippen LogP contribution in [0.3, 0.4) is 0 Å². The first kappa shape index (κ1) is 10.7. The lowest BCUT2D eigenvalue weighted by Crippen LogP contribution is -2.26. The van der Waals surface area contributed by atoms with Gasteiger partial charge in [0.2, 0.25) is 5.91 Å². The first-order valence-electron chi connectivity index (χ1n) is 4.51. The van der Waals surface area contributed by atoms with Crippen LogP contribution in [0.25, 0.3) is 0 Å². The summed E-state index contributed by atoms with van der Waals surface area (Å²) in [7, 11) is 1.50. The number of nitrogens with zero attached hydrogens (tertiary/aromatic N) is 1. The summed E-state index contributed by atoms with van der Waals surface area (Å²) in [6.07, 6.45) is 0. The molecule has 1 aromatic rings. The Bertz CT molecular complexity index is 323. The Morgan fingerprint density at radius 2 is 2.21 bits per heavy atom. The normalized spacial score (nSPS) is 9.93. The van der Waals surface area contributed by atoms with E-state index in [1.807, 2.05) is 31.2 Å². The van der Waals surface area contributed by atoms with Crippen molar-refractivity contribution in [2.24, 2.45) is 0 Å². The molecule has 14 heavy (non-hydrogen) atoms. The molecule has 0 fully saturated rings.